The maximum Gasteiger partial charge on any atom is 0.223 e. The Labute approximate surface area is 78.1 Å². The standard InChI is InChI=1S/C10H15NO2/c1-7(2)9-5-4-8(3)6-10(9,12)11-13/h4-7,9,12H,1-3H3. The first-order valence-electron chi connectivity index (χ1n) is 4.44. The second-order valence-corrected chi connectivity index (χ2v) is 3.89. The van der Waals surface area contributed by atoms with Gasteiger partial charge in [0.15, 0.2) is 0 Å². The Balaban J connectivity index is 3.01. The van der Waals surface area contributed by atoms with Crippen molar-refractivity contribution >= 4 is 0 Å². The van der Waals surface area contributed by atoms with Gasteiger partial charge < -0.3 is 5.11 Å². The van der Waals surface area contributed by atoms with Crippen LogP contribution in [0.2, 0.25) is 0 Å². The van der Waals surface area contributed by atoms with Gasteiger partial charge >= 0.3 is 0 Å². The maximum absolute atomic E-state index is 10.6. The summed E-state index contributed by atoms with van der Waals surface area (Å²) in [6.07, 6.45) is 5.27. The van der Waals surface area contributed by atoms with E-state index in [1.165, 1.54) is 6.08 Å². The quantitative estimate of drug-likeness (QED) is 0.664. The Kier molecular flexibility index (Phi) is 2.66. The Morgan fingerprint density at radius 2 is 2.23 bits per heavy atom. The van der Waals surface area contributed by atoms with E-state index < -0.39 is 5.72 Å². The van der Waals surface area contributed by atoms with E-state index in [1.807, 2.05) is 32.9 Å². The summed E-state index contributed by atoms with van der Waals surface area (Å²) in [4.78, 5) is 10.6. The third-order valence-electron chi connectivity index (χ3n) is 2.36. The van der Waals surface area contributed by atoms with Crippen LogP contribution in [0.5, 0.6) is 0 Å². The lowest BCUT2D eigenvalue weighted by Gasteiger charge is -2.30. The van der Waals surface area contributed by atoms with E-state index in [-0.39, 0.29) is 11.8 Å². The summed E-state index contributed by atoms with van der Waals surface area (Å²) < 4.78 is 0. The van der Waals surface area contributed by atoms with Gasteiger partial charge in [0.1, 0.15) is 0 Å². The number of nitroso groups, excluding NO2 is 1. The Bertz CT molecular complexity index is 268. The van der Waals surface area contributed by atoms with E-state index in [9.17, 15) is 10.0 Å². The minimum Gasteiger partial charge on any atom is -0.363 e. The van der Waals surface area contributed by atoms with E-state index in [0.717, 1.165) is 5.57 Å². The summed E-state index contributed by atoms with van der Waals surface area (Å²) >= 11 is 0. The van der Waals surface area contributed by atoms with Crippen molar-refractivity contribution in [3.05, 3.63) is 28.7 Å². The van der Waals surface area contributed by atoms with Crippen LogP contribution in [0.4, 0.5) is 0 Å². The number of hydrogen-bond acceptors (Lipinski definition) is 3. The fraction of sp³-hybridized carbons (Fsp3) is 0.600. The maximum atomic E-state index is 10.6. The van der Waals surface area contributed by atoms with Crippen molar-refractivity contribution in [2.75, 3.05) is 0 Å². The summed E-state index contributed by atoms with van der Waals surface area (Å²) in [5, 5.41) is 12.7. The first kappa shape index (κ1) is 10.1. The van der Waals surface area contributed by atoms with E-state index in [0.29, 0.717) is 0 Å². The molecule has 0 amide bonds. The molecule has 72 valence electrons. The molecule has 13 heavy (non-hydrogen) atoms. The van der Waals surface area contributed by atoms with Gasteiger partial charge in [-0.15, -0.1) is 4.91 Å². The minimum absolute atomic E-state index is 0.197. The summed E-state index contributed by atoms with van der Waals surface area (Å²) in [7, 11) is 0. The lowest BCUT2D eigenvalue weighted by molar-refractivity contribution is 0.0339. The zero-order valence-electron chi connectivity index (χ0n) is 8.19. The molecule has 0 aromatic heterocycles. The van der Waals surface area contributed by atoms with Crippen molar-refractivity contribution in [1.82, 2.24) is 0 Å². The molecule has 0 fully saturated rings. The third-order valence-corrected chi connectivity index (χ3v) is 2.36. The first-order chi connectivity index (χ1) is 5.99. The first-order valence-corrected chi connectivity index (χ1v) is 4.44. The average molecular weight is 181 g/mol. The molecule has 0 radical (unpaired) electrons. The van der Waals surface area contributed by atoms with E-state index in [4.69, 9.17) is 0 Å². The van der Waals surface area contributed by atoms with E-state index >= 15 is 0 Å². The molecular formula is C10H15NO2. The van der Waals surface area contributed by atoms with Crippen LogP contribution < -0.4 is 0 Å². The lowest BCUT2D eigenvalue weighted by Crippen LogP contribution is -2.37. The topological polar surface area (TPSA) is 49.7 Å². The lowest BCUT2D eigenvalue weighted by atomic mass is 9.81. The molecule has 0 heterocycles. The molecule has 0 spiro atoms. The van der Waals surface area contributed by atoms with Crippen LogP contribution >= 0.6 is 0 Å². The highest BCUT2D eigenvalue weighted by Crippen LogP contribution is 2.33. The SMILES string of the molecule is CC1=CC(O)(N=O)C(C(C)C)C=C1. The molecule has 0 saturated heterocycles. The summed E-state index contributed by atoms with van der Waals surface area (Å²) in [5.41, 5.74) is -0.675. The smallest absolute Gasteiger partial charge is 0.223 e. The fourth-order valence-electron chi connectivity index (χ4n) is 1.68. The molecule has 1 aliphatic carbocycles. The van der Waals surface area contributed by atoms with Crippen LogP contribution in [0.15, 0.2) is 29.0 Å². The molecule has 1 aliphatic rings. The van der Waals surface area contributed by atoms with Crippen molar-refractivity contribution in [3.63, 3.8) is 0 Å². The molecule has 1 rings (SSSR count). The van der Waals surface area contributed by atoms with E-state index in [1.54, 1.807) is 0 Å². The highest BCUT2D eigenvalue weighted by Gasteiger charge is 2.38. The molecule has 3 nitrogen and oxygen atoms in total. The average Bonchev–Trinajstić information content (AvgIpc) is 2.03. The minimum atomic E-state index is -1.55. The van der Waals surface area contributed by atoms with Gasteiger partial charge in [-0.2, -0.15) is 0 Å². The zero-order chi connectivity index (χ0) is 10.1. The number of hydrogen-bond donors (Lipinski definition) is 1. The highest BCUT2D eigenvalue weighted by atomic mass is 16.4. The highest BCUT2D eigenvalue weighted by molar-refractivity contribution is 5.28. The molecule has 0 aromatic rings. The van der Waals surface area contributed by atoms with Crippen molar-refractivity contribution < 1.29 is 5.11 Å². The molecule has 0 aromatic carbocycles. The molecule has 2 unspecified atom stereocenters. The summed E-state index contributed by atoms with van der Waals surface area (Å²) in [5.74, 6) is -0.0167. The van der Waals surface area contributed by atoms with E-state index in [2.05, 4.69) is 5.18 Å². The van der Waals surface area contributed by atoms with Crippen LogP contribution in [0.1, 0.15) is 20.8 Å². The van der Waals surface area contributed by atoms with Gasteiger partial charge in [0.05, 0.1) is 0 Å². The Hall–Kier alpha value is -0.960. The predicted molar refractivity (Wildman–Crippen MR) is 52.0 cm³/mol. The van der Waals surface area contributed by atoms with Gasteiger partial charge in [-0.3, -0.25) is 0 Å². The molecule has 0 saturated carbocycles. The van der Waals surface area contributed by atoms with Gasteiger partial charge in [-0.05, 0) is 24.1 Å². The van der Waals surface area contributed by atoms with Crippen molar-refractivity contribution in [2.45, 2.75) is 26.5 Å². The fourth-order valence-corrected chi connectivity index (χ4v) is 1.68. The van der Waals surface area contributed by atoms with Gasteiger partial charge in [0.2, 0.25) is 5.72 Å². The summed E-state index contributed by atoms with van der Waals surface area (Å²) in [6, 6.07) is 0. The molecule has 2 atom stereocenters. The number of aliphatic hydroxyl groups is 1. The molecule has 0 bridgehead atoms. The van der Waals surface area contributed by atoms with Crippen LogP contribution in [0.3, 0.4) is 0 Å². The van der Waals surface area contributed by atoms with Crippen molar-refractivity contribution in [3.8, 4) is 0 Å². The largest absolute Gasteiger partial charge is 0.363 e. The van der Waals surface area contributed by atoms with Gasteiger partial charge in [0.25, 0.3) is 0 Å². The van der Waals surface area contributed by atoms with Crippen molar-refractivity contribution in [1.29, 1.82) is 0 Å². The Morgan fingerprint density at radius 3 is 2.69 bits per heavy atom. The molecule has 0 aliphatic heterocycles. The molecule has 3 heteroatoms. The normalized spacial score (nSPS) is 33.3. The van der Waals surface area contributed by atoms with Gasteiger partial charge in [0, 0.05) is 5.92 Å². The van der Waals surface area contributed by atoms with Gasteiger partial charge in [-0.1, -0.05) is 31.6 Å². The number of rotatable bonds is 2. The van der Waals surface area contributed by atoms with Gasteiger partial charge in [-0.25, -0.2) is 0 Å². The van der Waals surface area contributed by atoms with Crippen LogP contribution in [-0.4, -0.2) is 10.8 Å². The predicted octanol–water partition coefficient (Wildman–Crippen LogP) is 2.23. The number of allylic oxidation sites excluding steroid dienone is 2. The van der Waals surface area contributed by atoms with Crippen LogP contribution in [0.25, 0.3) is 0 Å². The molecule has 1 N–H and O–H groups in total. The van der Waals surface area contributed by atoms with Crippen molar-refractivity contribution in [2.24, 2.45) is 17.0 Å². The van der Waals surface area contributed by atoms with Crippen LogP contribution in [-0.2, 0) is 0 Å². The number of nitrogens with zero attached hydrogens (tertiary/aromatic N) is 1. The Morgan fingerprint density at radius 1 is 1.62 bits per heavy atom. The zero-order valence-corrected chi connectivity index (χ0v) is 8.19. The monoisotopic (exact) mass is 181 g/mol. The second kappa shape index (κ2) is 3.42. The third kappa shape index (κ3) is 1.86. The second-order valence-electron chi connectivity index (χ2n) is 3.89. The summed E-state index contributed by atoms with van der Waals surface area (Å²) in [6.45, 7) is 5.75. The molecular weight excluding hydrogens is 166 g/mol. The van der Waals surface area contributed by atoms with Crippen LogP contribution in [0, 0.1) is 16.7 Å².